The topological polar surface area (TPSA) is 63.5 Å². The second-order valence-corrected chi connectivity index (χ2v) is 5.98. The fourth-order valence-corrected chi connectivity index (χ4v) is 2.99. The number of fused-ring (bicyclic) bond motifs is 1. The zero-order valence-electron chi connectivity index (χ0n) is 11.9. The Morgan fingerprint density at radius 1 is 1.27 bits per heavy atom. The van der Waals surface area contributed by atoms with E-state index in [0.29, 0.717) is 10.6 Å². The summed E-state index contributed by atoms with van der Waals surface area (Å²) in [6.45, 7) is 3.70. The van der Waals surface area contributed by atoms with Gasteiger partial charge in [0, 0.05) is 22.5 Å². The van der Waals surface area contributed by atoms with Gasteiger partial charge in [-0.1, -0.05) is 0 Å². The second-order valence-electron chi connectivity index (χ2n) is 4.80. The molecule has 1 amide bonds. The highest BCUT2D eigenvalue weighted by Gasteiger charge is 2.16. The molecule has 1 aromatic carbocycles. The average Bonchev–Trinajstić information content (AvgIpc) is 2.77. The van der Waals surface area contributed by atoms with E-state index in [-0.39, 0.29) is 5.56 Å². The molecule has 2 heterocycles. The van der Waals surface area contributed by atoms with Crippen LogP contribution < -0.4 is 10.9 Å². The fraction of sp³-hybridized carbons (Fsp3) is 0.133. The Morgan fingerprint density at radius 3 is 2.64 bits per heavy atom. The van der Waals surface area contributed by atoms with Gasteiger partial charge in [0.05, 0.1) is 0 Å². The predicted octanol–water partition coefficient (Wildman–Crippen LogP) is 2.76. The highest BCUT2D eigenvalue weighted by atomic mass is 32.1. The lowest BCUT2D eigenvalue weighted by Crippen LogP contribution is -2.26. The van der Waals surface area contributed by atoms with Crippen LogP contribution in [-0.2, 0) is 0 Å². The molecule has 0 radical (unpaired) electrons. The number of anilines is 1. The molecule has 0 aliphatic heterocycles. The number of hydrogen-bond acceptors (Lipinski definition) is 4. The first-order chi connectivity index (χ1) is 10.5. The van der Waals surface area contributed by atoms with Crippen molar-refractivity contribution in [1.82, 2.24) is 9.38 Å². The van der Waals surface area contributed by atoms with E-state index in [0.717, 1.165) is 10.6 Å². The SMILES string of the molecule is Cc1sc2ncc(C(=O)Nc3ccc(F)cc3)c(=O)n2c1C. The standard InChI is InChI=1S/C15H12FN3O2S/c1-8-9(2)22-15-17-7-12(14(21)19(8)15)13(20)18-11-5-3-10(16)4-6-11/h3-7H,1-2H3,(H,18,20). The molecular formula is C15H12FN3O2S. The first-order valence-electron chi connectivity index (χ1n) is 6.52. The Kier molecular flexibility index (Phi) is 3.50. The van der Waals surface area contributed by atoms with E-state index in [9.17, 15) is 14.0 Å². The van der Waals surface area contributed by atoms with Crippen LogP contribution >= 0.6 is 11.3 Å². The van der Waals surface area contributed by atoms with E-state index in [1.165, 1.54) is 46.2 Å². The van der Waals surface area contributed by atoms with Crippen molar-refractivity contribution in [3.63, 3.8) is 0 Å². The van der Waals surface area contributed by atoms with Gasteiger partial charge in [-0.2, -0.15) is 0 Å². The van der Waals surface area contributed by atoms with Gasteiger partial charge < -0.3 is 5.32 Å². The van der Waals surface area contributed by atoms with E-state index in [4.69, 9.17) is 0 Å². The molecule has 3 rings (SSSR count). The molecule has 112 valence electrons. The van der Waals surface area contributed by atoms with Crippen LogP contribution in [0, 0.1) is 19.7 Å². The van der Waals surface area contributed by atoms with Crippen LogP contribution in [0.25, 0.3) is 4.96 Å². The van der Waals surface area contributed by atoms with Crippen LogP contribution in [0.3, 0.4) is 0 Å². The van der Waals surface area contributed by atoms with Crippen LogP contribution in [0.2, 0.25) is 0 Å². The summed E-state index contributed by atoms with van der Waals surface area (Å²) in [5.74, 6) is -0.965. The molecule has 0 atom stereocenters. The summed E-state index contributed by atoms with van der Waals surface area (Å²) in [4.78, 5) is 30.4. The normalized spacial score (nSPS) is 10.9. The van der Waals surface area contributed by atoms with Crippen molar-refractivity contribution >= 4 is 27.9 Å². The monoisotopic (exact) mass is 317 g/mol. The number of nitrogens with zero attached hydrogens (tertiary/aromatic N) is 2. The predicted molar refractivity (Wildman–Crippen MR) is 83.2 cm³/mol. The highest BCUT2D eigenvalue weighted by molar-refractivity contribution is 7.17. The summed E-state index contributed by atoms with van der Waals surface area (Å²) in [5.41, 5.74) is 0.720. The molecule has 1 N–H and O–H groups in total. The third-order valence-corrected chi connectivity index (χ3v) is 4.44. The van der Waals surface area contributed by atoms with Gasteiger partial charge in [-0.15, -0.1) is 11.3 Å². The quantitative estimate of drug-likeness (QED) is 0.790. The molecule has 0 spiro atoms. The largest absolute Gasteiger partial charge is 0.322 e. The molecule has 0 bridgehead atoms. The minimum absolute atomic E-state index is 0.0530. The number of aromatic nitrogens is 2. The number of benzene rings is 1. The third-order valence-electron chi connectivity index (χ3n) is 3.36. The lowest BCUT2D eigenvalue weighted by molar-refractivity contribution is 0.102. The van der Waals surface area contributed by atoms with Gasteiger partial charge in [-0.05, 0) is 38.1 Å². The molecule has 0 aliphatic carbocycles. The van der Waals surface area contributed by atoms with E-state index in [2.05, 4.69) is 10.3 Å². The average molecular weight is 317 g/mol. The highest BCUT2D eigenvalue weighted by Crippen LogP contribution is 2.18. The van der Waals surface area contributed by atoms with E-state index < -0.39 is 17.3 Å². The Hall–Kier alpha value is -2.54. The van der Waals surface area contributed by atoms with Crippen LogP contribution in [0.15, 0.2) is 35.3 Å². The fourth-order valence-electron chi connectivity index (χ4n) is 2.06. The summed E-state index contributed by atoms with van der Waals surface area (Å²) >= 11 is 1.40. The maximum atomic E-state index is 12.9. The minimum atomic E-state index is -0.568. The molecule has 22 heavy (non-hydrogen) atoms. The van der Waals surface area contributed by atoms with Crippen molar-refractivity contribution < 1.29 is 9.18 Å². The Labute approximate surface area is 129 Å². The number of hydrogen-bond donors (Lipinski definition) is 1. The lowest BCUT2D eigenvalue weighted by atomic mass is 10.2. The molecule has 0 saturated carbocycles. The van der Waals surface area contributed by atoms with Crippen LogP contribution in [0.4, 0.5) is 10.1 Å². The molecule has 0 aliphatic rings. The number of thiazole rings is 1. The summed E-state index contributed by atoms with van der Waals surface area (Å²) < 4.78 is 14.3. The molecule has 0 fully saturated rings. The van der Waals surface area contributed by atoms with E-state index in [1.54, 1.807) is 0 Å². The summed E-state index contributed by atoms with van der Waals surface area (Å²) in [5, 5.41) is 2.56. The maximum absolute atomic E-state index is 12.9. The van der Waals surface area contributed by atoms with Crippen molar-refractivity contribution in [1.29, 1.82) is 0 Å². The van der Waals surface area contributed by atoms with Crippen molar-refractivity contribution in [2.45, 2.75) is 13.8 Å². The van der Waals surface area contributed by atoms with Crippen LogP contribution in [-0.4, -0.2) is 15.3 Å². The Morgan fingerprint density at radius 2 is 1.95 bits per heavy atom. The van der Waals surface area contributed by atoms with Gasteiger partial charge in [0.1, 0.15) is 11.4 Å². The number of carbonyl (C=O) groups is 1. The maximum Gasteiger partial charge on any atom is 0.271 e. The molecule has 0 unspecified atom stereocenters. The molecule has 3 aromatic rings. The van der Waals surface area contributed by atoms with Crippen molar-refractivity contribution in [3.05, 3.63) is 62.8 Å². The number of nitrogens with one attached hydrogen (secondary N) is 1. The molecule has 7 heteroatoms. The molecule has 5 nitrogen and oxygen atoms in total. The minimum Gasteiger partial charge on any atom is -0.322 e. The van der Waals surface area contributed by atoms with Gasteiger partial charge in [0.2, 0.25) is 0 Å². The first-order valence-corrected chi connectivity index (χ1v) is 7.33. The van der Waals surface area contributed by atoms with Crippen molar-refractivity contribution in [3.8, 4) is 0 Å². The first kappa shape index (κ1) is 14.4. The molecule has 0 saturated heterocycles. The lowest BCUT2D eigenvalue weighted by Gasteiger charge is -2.05. The zero-order chi connectivity index (χ0) is 15.9. The number of aryl methyl sites for hydroxylation is 2. The molecule has 2 aromatic heterocycles. The summed E-state index contributed by atoms with van der Waals surface area (Å²) in [6, 6.07) is 5.32. The zero-order valence-corrected chi connectivity index (χ0v) is 12.7. The van der Waals surface area contributed by atoms with Crippen LogP contribution in [0.5, 0.6) is 0 Å². The summed E-state index contributed by atoms with van der Waals surface area (Å²) in [7, 11) is 0. The Balaban J connectivity index is 2.01. The number of halogens is 1. The number of amides is 1. The van der Waals surface area contributed by atoms with Gasteiger partial charge in [-0.25, -0.2) is 9.37 Å². The second kappa shape index (κ2) is 5.34. The van der Waals surface area contributed by atoms with Crippen molar-refractivity contribution in [2.75, 3.05) is 5.32 Å². The third kappa shape index (κ3) is 2.39. The van der Waals surface area contributed by atoms with Crippen molar-refractivity contribution in [2.24, 2.45) is 0 Å². The number of rotatable bonds is 2. The smallest absolute Gasteiger partial charge is 0.271 e. The van der Waals surface area contributed by atoms with Gasteiger partial charge in [-0.3, -0.25) is 14.0 Å². The van der Waals surface area contributed by atoms with Gasteiger partial charge in [0.25, 0.3) is 11.5 Å². The Bertz CT molecular complexity index is 928. The van der Waals surface area contributed by atoms with E-state index in [1.807, 2.05) is 13.8 Å². The number of carbonyl (C=O) groups excluding carboxylic acids is 1. The van der Waals surface area contributed by atoms with Gasteiger partial charge >= 0.3 is 0 Å². The summed E-state index contributed by atoms with van der Waals surface area (Å²) in [6.07, 6.45) is 1.27. The van der Waals surface area contributed by atoms with Gasteiger partial charge in [0.15, 0.2) is 4.96 Å². The van der Waals surface area contributed by atoms with E-state index >= 15 is 0 Å². The van der Waals surface area contributed by atoms with Crippen LogP contribution in [0.1, 0.15) is 20.9 Å². The molecular weight excluding hydrogens is 305 g/mol.